The molecule has 1 aromatic carbocycles. The van der Waals surface area contributed by atoms with Crippen molar-refractivity contribution in [2.75, 3.05) is 11.9 Å². The Kier molecular flexibility index (Phi) is 6.03. The Morgan fingerprint density at radius 3 is 2.79 bits per heavy atom. The molecule has 1 N–H and O–H groups in total. The Labute approximate surface area is 140 Å². The summed E-state index contributed by atoms with van der Waals surface area (Å²) in [5.74, 6) is -0.391. The van der Waals surface area contributed by atoms with Gasteiger partial charge in [0.25, 0.3) is 5.91 Å². The summed E-state index contributed by atoms with van der Waals surface area (Å²) in [5, 5.41) is 11.5. The van der Waals surface area contributed by atoms with Crippen molar-refractivity contribution in [1.82, 2.24) is 9.88 Å². The molecule has 0 saturated heterocycles. The molecule has 2 amide bonds. The van der Waals surface area contributed by atoms with Crippen LogP contribution in [-0.4, -0.2) is 28.2 Å². The van der Waals surface area contributed by atoms with E-state index in [2.05, 4.69) is 16.4 Å². The molecular weight excluding hydrogens is 304 g/mol. The first-order valence-corrected chi connectivity index (χ1v) is 7.53. The number of hydrogen-bond donors (Lipinski definition) is 1. The van der Waals surface area contributed by atoms with Crippen molar-refractivity contribution in [3.05, 3.63) is 59.9 Å². The summed E-state index contributed by atoms with van der Waals surface area (Å²) in [6.45, 7) is 2.11. The summed E-state index contributed by atoms with van der Waals surface area (Å²) < 4.78 is 0. The molecule has 122 valence electrons. The van der Waals surface area contributed by atoms with Crippen LogP contribution in [0, 0.1) is 11.3 Å². The maximum absolute atomic E-state index is 12.8. The number of hydrogen-bond acceptors (Lipinski definition) is 4. The van der Waals surface area contributed by atoms with Gasteiger partial charge >= 0.3 is 0 Å². The molecule has 2 aromatic rings. The van der Waals surface area contributed by atoms with E-state index in [1.54, 1.807) is 47.6 Å². The number of nitrogens with zero attached hydrogens (tertiary/aromatic N) is 3. The molecule has 2 rings (SSSR count). The molecule has 1 aromatic heterocycles. The van der Waals surface area contributed by atoms with Crippen molar-refractivity contribution >= 4 is 17.5 Å². The van der Waals surface area contributed by atoms with Gasteiger partial charge in [-0.3, -0.25) is 14.6 Å². The zero-order valence-electron chi connectivity index (χ0n) is 13.4. The summed E-state index contributed by atoms with van der Waals surface area (Å²) in [4.78, 5) is 29.6. The van der Waals surface area contributed by atoms with Gasteiger partial charge in [0.2, 0.25) is 5.91 Å². The van der Waals surface area contributed by atoms with Crippen LogP contribution in [0.3, 0.4) is 0 Å². The van der Waals surface area contributed by atoms with Crippen molar-refractivity contribution in [2.24, 2.45) is 0 Å². The topological polar surface area (TPSA) is 86.1 Å². The molecule has 0 aliphatic heterocycles. The van der Waals surface area contributed by atoms with Crippen LogP contribution in [0.1, 0.15) is 29.3 Å². The van der Waals surface area contributed by atoms with Crippen LogP contribution in [0.4, 0.5) is 5.69 Å². The average molecular weight is 322 g/mol. The maximum atomic E-state index is 12.8. The zero-order chi connectivity index (χ0) is 17.4. The fourth-order valence-electron chi connectivity index (χ4n) is 2.27. The largest absolute Gasteiger partial charge is 0.333 e. The molecular formula is C18H18N4O2. The molecule has 0 unspecified atom stereocenters. The van der Waals surface area contributed by atoms with Crippen LogP contribution in [0.5, 0.6) is 0 Å². The Hall–Kier alpha value is -3.20. The van der Waals surface area contributed by atoms with Crippen LogP contribution < -0.4 is 5.32 Å². The summed E-state index contributed by atoms with van der Waals surface area (Å²) in [5.41, 5.74) is 1.92. The minimum absolute atomic E-state index is 0.193. The summed E-state index contributed by atoms with van der Waals surface area (Å²) in [6.07, 6.45) is 3.61. The summed E-state index contributed by atoms with van der Waals surface area (Å²) in [7, 11) is 0. The van der Waals surface area contributed by atoms with Crippen molar-refractivity contribution < 1.29 is 9.59 Å². The number of benzene rings is 1. The first-order chi connectivity index (χ1) is 11.6. The van der Waals surface area contributed by atoms with E-state index in [0.717, 1.165) is 5.56 Å². The van der Waals surface area contributed by atoms with Gasteiger partial charge in [0.05, 0.1) is 12.5 Å². The second-order valence-electron chi connectivity index (χ2n) is 5.26. The van der Waals surface area contributed by atoms with Gasteiger partial charge in [-0.2, -0.15) is 5.26 Å². The quantitative estimate of drug-likeness (QED) is 0.885. The monoisotopic (exact) mass is 322 g/mol. The number of amides is 2. The predicted octanol–water partition coefficient (Wildman–Crippen LogP) is 2.60. The number of rotatable bonds is 6. The number of nitrogens with one attached hydrogen (secondary N) is 1. The lowest BCUT2D eigenvalue weighted by Crippen LogP contribution is -2.31. The highest BCUT2D eigenvalue weighted by molar-refractivity contribution is 5.96. The number of aromatic nitrogens is 1. The predicted molar refractivity (Wildman–Crippen MR) is 90.0 cm³/mol. The molecule has 0 aliphatic carbocycles. The van der Waals surface area contributed by atoms with Gasteiger partial charge in [0.1, 0.15) is 0 Å². The number of nitriles is 1. The van der Waals surface area contributed by atoms with Crippen molar-refractivity contribution in [3.63, 3.8) is 0 Å². The van der Waals surface area contributed by atoms with E-state index in [1.807, 2.05) is 6.07 Å². The lowest BCUT2D eigenvalue weighted by molar-refractivity contribution is -0.114. The molecule has 0 aliphatic rings. The van der Waals surface area contributed by atoms with E-state index < -0.39 is 0 Å². The van der Waals surface area contributed by atoms with E-state index in [1.165, 1.54) is 6.92 Å². The van der Waals surface area contributed by atoms with Gasteiger partial charge in [-0.15, -0.1) is 0 Å². The van der Waals surface area contributed by atoms with Crippen molar-refractivity contribution in [1.29, 1.82) is 5.26 Å². The fraction of sp³-hybridized carbons (Fsp3) is 0.222. The molecule has 6 nitrogen and oxygen atoms in total. The second kappa shape index (κ2) is 8.44. The third-order valence-electron chi connectivity index (χ3n) is 3.31. The SMILES string of the molecule is CC(=O)Nc1cccc(C(=O)N(CCC#N)Cc2cccnc2)c1. The molecule has 0 radical (unpaired) electrons. The third-order valence-corrected chi connectivity index (χ3v) is 3.31. The minimum atomic E-state index is -0.198. The van der Waals surface area contributed by atoms with Gasteiger partial charge in [-0.05, 0) is 29.8 Å². The van der Waals surface area contributed by atoms with Gasteiger partial charge in [-0.25, -0.2) is 0 Å². The second-order valence-corrected chi connectivity index (χ2v) is 5.26. The van der Waals surface area contributed by atoms with Gasteiger partial charge in [0, 0.05) is 43.7 Å². The number of carbonyl (C=O) groups is 2. The molecule has 0 bridgehead atoms. The van der Waals surface area contributed by atoms with Gasteiger partial charge in [0.15, 0.2) is 0 Å². The van der Waals surface area contributed by atoms with Crippen LogP contribution in [0.15, 0.2) is 48.8 Å². The van der Waals surface area contributed by atoms with E-state index in [0.29, 0.717) is 24.3 Å². The molecule has 6 heteroatoms. The summed E-state index contributed by atoms with van der Waals surface area (Å²) >= 11 is 0. The Morgan fingerprint density at radius 1 is 1.29 bits per heavy atom. The third kappa shape index (κ3) is 4.92. The van der Waals surface area contributed by atoms with Gasteiger partial charge < -0.3 is 10.2 Å². The first kappa shape index (κ1) is 17.2. The maximum Gasteiger partial charge on any atom is 0.254 e. The highest BCUT2D eigenvalue weighted by atomic mass is 16.2. The van der Waals surface area contributed by atoms with Crippen LogP contribution >= 0.6 is 0 Å². The first-order valence-electron chi connectivity index (χ1n) is 7.53. The molecule has 1 heterocycles. The highest BCUT2D eigenvalue weighted by Gasteiger charge is 2.16. The molecule has 0 fully saturated rings. The Balaban J connectivity index is 2.20. The van der Waals surface area contributed by atoms with Crippen molar-refractivity contribution in [2.45, 2.75) is 19.9 Å². The number of carbonyl (C=O) groups excluding carboxylic acids is 2. The normalized spacial score (nSPS) is 9.83. The van der Waals surface area contributed by atoms with Crippen LogP contribution in [0.2, 0.25) is 0 Å². The minimum Gasteiger partial charge on any atom is -0.333 e. The lowest BCUT2D eigenvalue weighted by Gasteiger charge is -2.22. The lowest BCUT2D eigenvalue weighted by atomic mass is 10.1. The molecule has 0 saturated carbocycles. The molecule has 0 spiro atoms. The highest BCUT2D eigenvalue weighted by Crippen LogP contribution is 2.15. The van der Waals surface area contributed by atoms with Gasteiger partial charge in [-0.1, -0.05) is 12.1 Å². The Morgan fingerprint density at radius 2 is 2.12 bits per heavy atom. The van der Waals surface area contributed by atoms with Crippen LogP contribution in [0.25, 0.3) is 0 Å². The van der Waals surface area contributed by atoms with Crippen LogP contribution in [-0.2, 0) is 11.3 Å². The standard InChI is InChI=1S/C18H18N4O2/c1-14(23)21-17-7-2-6-16(11-17)18(24)22(10-4-8-19)13-15-5-3-9-20-12-15/h2-3,5-7,9,11-12H,4,10,13H2,1H3,(H,21,23). The number of anilines is 1. The zero-order valence-corrected chi connectivity index (χ0v) is 13.4. The molecule has 0 atom stereocenters. The van der Waals surface area contributed by atoms with E-state index in [4.69, 9.17) is 5.26 Å². The summed E-state index contributed by atoms with van der Waals surface area (Å²) in [6, 6.07) is 12.5. The number of pyridine rings is 1. The van der Waals surface area contributed by atoms with E-state index in [-0.39, 0.29) is 18.2 Å². The van der Waals surface area contributed by atoms with E-state index in [9.17, 15) is 9.59 Å². The smallest absolute Gasteiger partial charge is 0.254 e. The van der Waals surface area contributed by atoms with Crippen molar-refractivity contribution in [3.8, 4) is 6.07 Å². The average Bonchev–Trinajstić information content (AvgIpc) is 2.58. The molecule has 24 heavy (non-hydrogen) atoms. The Bertz CT molecular complexity index is 753. The van der Waals surface area contributed by atoms with E-state index >= 15 is 0 Å². The fourth-order valence-corrected chi connectivity index (χ4v) is 2.27.